The van der Waals surface area contributed by atoms with E-state index in [1.807, 2.05) is 0 Å². The Kier molecular flexibility index (Phi) is 4.81. The minimum Gasteiger partial charge on any atom is -0.495 e. The molecule has 3 rings (SSSR count). The van der Waals surface area contributed by atoms with Gasteiger partial charge in [0.25, 0.3) is 15.9 Å². The number of sulfonamides is 1. The molecule has 0 saturated heterocycles. The number of rotatable bonds is 4. The molecule has 0 aliphatic carbocycles. The Bertz CT molecular complexity index is 965. The Hall–Kier alpha value is -1.97. The largest absolute Gasteiger partial charge is 0.495 e. The second-order valence-electron chi connectivity index (χ2n) is 5.07. The SMILES string of the molecule is COc1ccc(NS(=O)(=O)c2cc3c(cc2Br)NC(=O)CO3)cc1Cl. The van der Waals surface area contributed by atoms with Crippen molar-refractivity contribution in [3.8, 4) is 11.5 Å². The zero-order chi connectivity index (χ0) is 18.2. The summed E-state index contributed by atoms with van der Waals surface area (Å²) < 4.78 is 38.4. The fraction of sp³-hybridized carbons (Fsp3) is 0.133. The van der Waals surface area contributed by atoms with Crippen LogP contribution in [-0.2, 0) is 14.8 Å². The zero-order valence-electron chi connectivity index (χ0n) is 12.8. The van der Waals surface area contributed by atoms with Crippen molar-refractivity contribution < 1.29 is 22.7 Å². The van der Waals surface area contributed by atoms with E-state index in [4.69, 9.17) is 21.1 Å². The van der Waals surface area contributed by atoms with E-state index in [1.54, 1.807) is 6.07 Å². The highest BCUT2D eigenvalue weighted by Crippen LogP contribution is 2.37. The van der Waals surface area contributed by atoms with Crippen molar-refractivity contribution in [3.63, 3.8) is 0 Å². The Morgan fingerprint density at radius 2 is 2.08 bits per heavy atom. The minimum absolute atomic E-state index is 0.0330. The molecule has 0 fully saturated rings. The molecule has 1 amide bonds. The standard InChI is InChI=1S/C15H12BrClN2O5S/c1-23-12-3-2-8(4-10(12)17)19-25(21,22)14-6-13-11(5-9(14)16)18-15(20)7-24-13/h2-6,19H,7H2,1H3,(H,18,20). The average Bonchev–Trinajstić information content (AvgIpc) is 2.53. The third kappa shape index (κ3) is 3.68. The van der Waals surface area contributed by atoms with Crippen molar-refractivity contribution >= 4 is 54.8 Å². The van der Waals surface area contributed by atoms with Crippen LogP contribution in [0.15, 0.2) is 39.7 Å². The number of methoxy groups -OCH3 is 1. The summed E-state index contributed by atoms with van der Waals surface area (Å²) in [7, 11) is -2.45. The lowest BCUT2D eigenvalue weighted by Gasteiger charge is -2.20. The van der Waals surface area contributed by atoms with Crippen LogP contribution in [-0.4, -0.2) is 28.0 Å². The first kappa shape index (κ1) is 17.8. The number of carbonyl (C=O) groups excluding carboxylic acids is 1. The monoisotopic (exact) mass is 446 g/mol. The van der Waals surface area contributed by atoms with E-state index in [1.165, 1.54) is 31.4 Å². The minimum atomic E-state index is -3.92. The Labute approximate surface area is 157 Å². The molecule has 2 N–H and O–H groups in total. The molecule has 0 spiro atoms. The highest BCUT2D eigenvalue weighted by atomic mass is 79.9. The molecule has 10 heteroatoms. The quantitative estimate of drug-likeness (QED) is 0.750. The first-order valence-electron chi connectivity index (χ1n) is 6.93. The molecule has 0 radical (unpaired) electrons. The van der Waals surface area contributed by atoms with Gasteiger partial charge in [0.2, 0.25) is 0 Å². The lowest BCUT2D eigenvalue weighted by atomic mass is 10.2. The van der Waals surface area contributed by atoms with Crippen LogP contribution in [0.4, 0.5) is 11.4 Å². The molecule has 132 valence electrons. The summed E-state index contributed by atoms with van der Waals surface area (Å²) in [6.45, 7) is -0.171. The van der Waals surface area contributed by atoms with Crippen LogP contribution in [0, 0.1) is 0 Å². The van der Waals surface area contributed by atoms with Crippen LogP contribution in [0.1, 0.15) is 0 Å². The number of halogens is 2. The van der Waals surface area contributed by atoms with Crippen molar-refractivity contribution in [2.45, 2.75) is 4.90 Å². The fourth-order valence-corrected chi connectivity index (χ4v) is 4.59. The predicted octanol–water partition coefficient (Wildman–Crippen LogP) is 3.24. The van der Waals surface area contributed by atoms with E-state index in [2.05, 4.69) is 26.0 Å². The van der Waals surface area contributed by atoms with Gasteiger partial charge in [0.15, 0.2) is 6.61 Å². The summed E-state index contributed by atoms with van der Waals surface area (Å²) >= 11 is 9.22. The van der Waals surface area contributed by atoms with Crippen molar-refractivity contribution in [2.75, 3.05) is 23.8 Å². The van der Waals surface area contributed by atoms with Crippen molar-refractivity contribution in [1.29, 1.82) is 0 Å². The lowest BCUT2D eigenvalue weighted by Crippen LogP contribution is -2.26. The summed E-state index contributed by atoms with van der Waals surface area (Å²) in [6, 6.07) is 7.35. The summed E-state index contributed by atoms with van der Waals surface area (Å²) in [4.78, 5) is 11.3. The van der Waals surface area contributed by atoms with Gasteiger partial charge in [0.1, 0.15) is 16.4 Å². The number of anilines is 2. The Balaban J connectivity index is 1.95. The maximum Gasteiger partial charge on any atom is 0.263 e. The third-order valence-corrected chi connectivity index (χ3v) is 6.00. The smallest absolute Gasteiger partial charge is 0.263 e. The summed E-state index contributed by atoms with van der Waals surface area (Å²) in [5.41, 5.74) is 0.680. The molecule has 7 nitrogen and oxygen atoms in total. The number of ether oxygens (including phenoxy) is 2. The van der Waals surface area contributed by atoms with E-state index < -0.39 is 10.0 Å². The molecule has 2 aromatic rings. The topological polar surface area (TPSA) is 93.7 Å². The normalized spacial score (nSPS) is 13.5. The number of hydrogen-bond acceptors (Lipinski definition) is 5. The number of fused-ring (bicyclic) bond motifs is 1. The maximum absolute atomic E-state index is 12.7. The molecule has 0 unspecified atom stereocenters. The third-order valence-electron chi connectivity index (χ3n) is 3.36. The van der Waals surface area contributed by atoms with Crippen LogP contribution >= 0.6 is 27.5 Å². The zero-order valence-corrected chi connectivity index (χ0v) is 16.0. The van der Waals surface area contributed by atoms with Crippen molar-refractivity contribution in [3.05, 3.63) is 39.8 Å². The van der Waals surface area contributed by atoms with E-state index in [0.29, 0.717) is 11.4 Å². The number of amides is 1. The Morgan fingerprint density at radius 3 is 2.76 bits per heavy atom. The van der Waals surface area contributed by atoms with Gasteiger partial charge in [-0.05, 0) is 40.2 Å². The van der Waals surface area contributed by atoms with Gasteiger partial charge in [-0.3, -0.25) is 9.52 Å². The molecule has 1 aliphatic rings. The maximum atomic E-state index is 12.7. The first-order valence-corrected chi connectivity index (χ1v) is 9.58. The molecule has 25 heavy (non-hydrogen) atoms. The molecular formula is C15H12BrClN2O5S. The van der Waals surface area contributed by atoms with Crippen LogP contribution in [0.25, 0.3) is 0 Å². The molecule has 0 aromatic heterocycles. The number of benzene rings is 2. The summed E-state index contributed by atoms with van der Waals surface area (Å²) in [5.74, 6) is 0.403. The van der Waals surface area contributed by atoms with Crippen LogP contribution in [0.2, 0.25) is 5.02 Å². The van der Waals surface area contributed by atoms with Gasteiger partial charge >= 0.3 is 0 Å². The first-order chi connectivity index (χ1) is 11.8. The van der Waals surface area contributed by atoms with E-state index >= 15 is 0 Å². The van der Waals surface area contributed by atoms with Gasteiger partial charge < -0.3 is 14.8 Å². The van der Waals surface area contributed by atoms with Crippen LogP contribution in [0.3, 0.4) is 0 Å². The van der Waals surface area contributed by atoms with E-state index in [9.17, 15) is 13.2 Å². The van der Waals surface area contributed by atoms with Gasteiger partial charge in [0, 0.05) is 10.5 Å². The van der Waals surface area contributed by atoms with Gasteiger partial charge in [-0.2, -0.15) is 0 Å². The van der Waals surface area contributed by atoms with Gasteiger partial charge in [-0.1, -0.05) is 11.6 Å². The molecule has 1 heterocycles. The molecule has 1 aliphatic heterocycles. The molecule has 2 aromatic carbocycles. The number of nitrogens with one attached hydrogen (secondary N) is 2. The number of hydrogen-bond donors (Lipinski definition) is 2. The average molecular weight is 448 g/mol. The van der Waals surface area contributed by atoms with Gasteiger partial charge in [-0.15, -0.1) is 0 Å². The summed E-state index contributed by atoms with van der Waals surface area (Å²) in [5, 5.41) is 2.88. The van der Waals surface area contributed by atoms with Gasteiger partial charge in [-0.25, -0.2) is 8.42 Å². The molecule has 0 atom stereocenters. The van der Waals surface area contributed by atoms with Crippen LogP contribution in [0.5, 0.6) is 11.5 Å². The predicted molar refractivity (Wildman–Crippen MR) is 97.1 cm³/mol. The number of carbonyl (C=O) groups is 1. The van der Waals surface area contributed by atoms with E-state index in [0.717, 1.165) is 0 Å². The van der Waals surface area contributed by atoms with Crippen LogP contribution < -0.4 is 19.5 Å². The summed E-state index contributed by atoms with van der Waals surface area (Å²) in [6.07, 6.45) is 0. The molecule has 0 bridgehead atoms. The second kappa shape index (κ2) is 6.74. The lowest BCUT2D eigenvalue weighted by molar-refractivity contribution is -0.118. The van der Waals surface area contributed by atoms with E-state index in [-0.39, 0.29) is 38.3 Å². The molecular weight excluding hydrogens is 436 g/mol. The van der Waals surface area contributed by atoms with Gasteiger partial charge in [0.05, 0.1) is 23.5 Å². The van der Waals surface area contributed by atoms with Crippen molar-refractivity contribution in [2.24, 2.45) is 0 Å². The highest BCUT2D eigenvalue weighted by molar-refractivity contribution is 9.10. The highest BCUT2D eigenvalue weighted by Gasteiger charge is 2.24. The molecule has 0 saturated carbocycles. The Morgan fingerprint density at radius 1 is 1.32 bits per heavy atom. The van der Waals surface area contributed by atoms with Crippen molar-refractivity contribution in [1.82, 2.24) is 0 Å². The second-order valence-corrected chi connectivity index (χ2v) is 7.98. The fourth-order valence-electron chi connectivity index (χ4n) is 2.23.